The van der Waals surface area contributed by atoms with Crippen LogP contribution in [0.1, 0.15) is 18.4 Å². The number of nitrogens with zero attached hydrogens (tertiary/aromatic N) is 3. The minimum absolute atomic E-state index is 0.00964. The smallest absolute Gasteiger partial charge is 0.317 e. The summed E-state index contributed by atoms with van der Waals surface area (Å²) in [5.74, 6) is 0.871. The fourth-order valence-corrected chi connectivity index (χ4v) is 3.61. The van der Waals surface area contributed by atoms with Gasteiger partial charge < -0.3 is 24.8 Å². The maximum atomic E-state index is 12.6. The highest BCUT2D eigenvalue weighted by Crippen LogP contribution is 2.23. The van der Waals surface area contributed by atoms with Gasteiger partial charge >= 0.3 is 6.03 Å². The second kappa shape index (κ2) is 9.54. The molecule has 0 bridgehead atoms. The zero-order valence-electron chi connectivity index (χ0n) is 17.9. The number of amides is 2. The summed E-state index contributed by atoms with van der Waals surface area (Å²) in [6.07, 6.45) is 1.90. The number of hydrogen-bond donors (Lipinski definition) is 1. The van der Waals surface area contributed by atoms with Crippen molar-refractivity contribution in [1.82, 2.24) is 10.2 Å². The molecule has 6 heteroatoms. The normalized spacial score (nSPS) is 14.4. The summed E-state index contributed by atoms with van der Waals surface area (Å²) in [7, 11) is 7.57. The Morgan fingerprint density at radius 1 is 1.03 bits per heavy atom. The largest absolute Gasteiger partial charge is 0.497 e. The predicted octanol–water partition coefficient (Wildman–Crippen LogP) is 3.57. The molecule has 1 aliphatic heterocycles. The monoisotopic (exact) mass is 396 g/mol. The second-order valence-corrected chi connectivity index (χ2v) is 7.83. The number of rotatable bonds is 6. The number of nitrogens with one attached hydrogen (secondary N) is 1. The van der Waals surface area contributed by atoms with Gasteiger partial charge in [-0.15, -0.1) is 0 Å². The van der Waals surface area contributed by atoms with E-state index in [4.69, 9.17) is 4.74 Å². The molecule has 0 unspecified atom stereocenters. The molecule has 156 valence electrons. The van der Waals surface area contributed by atoms with Crippen molar-refractivity contribution >= 4 is 17.4 Å². The van der Waals surface area contributed by atoms with Crippen LogP contribution in [-0.4, -0.2) is 58.3 Å². The molecule has 0 aromatic heterocycles. The molecule has 0 aliphatic carbocycles. The van der Waals surface area contributed by atoms with Gasteiger partial charge in [-0.1, -0.05) is 12.1 Å². The van der Waals surface area contributed by atoms with Gasteiger partial charge in [0.25, 0.3) is 0 Å². The van der Waals surface area contributed by atoms with Gasteiger partial charge in [-0.2, -0.15) is 0 Å². The summed E-state index contributed by atoms with van der Waals surface area (Å²) in [5, 5.41) is 3.19. The lowest BCUT2D eigenvalue weighted by Crippen LogP contribution is -2.48. The molecular formula is C23H32N4O2. The Morgan fingerprint density at radius 2 is 1.66 bits per heavy atom. The molecule has 3 rings (SSSR count). The minimum Gasteiger partial charge on any atom is -0.497 e. The standard InChI is InChI=1S/C23H32N4O2/c1-25(2)20-7-5-18(6-8-20)17-26(3)23(28)24-19-13-15-27(16-14-19)21-9-11-22(29-4)12-10-21/h5-12,19H,13-17H2,1-4H3,(H,24,28). The average molecular weight is 397 g/mol. The summed E-state index contributed by atoms with van der Waals surface area (Å²) in [6, 6.07) is 16.7. The van der Waals surface area contributed by atoms with Crippen molar-refractivity contribution < 1.29 is 9.53 Å². The summed E-state index contributed by atoms with van der Waals surface area (Å²) >= 11 is 0. The van der Waals surface area contributed by atoms with E-state index in [1.54, 1.807) is 12.0 Å². The van der Waals surface area contributed by atoms with Crippen LogP contribution in [-0.2, 0) is 6.54 Å². The van der Waals surface area contributed by atoms with Crippen LogP contribution < -0.4 is 19.9 Å². The Hall–Kier alpha value is -2.89. The van der Waals surface area contributed by atoms with Crippen molar-refractivity contribution in [2.24, 2.45) is 0 Å². The molecule has 2 amide bonds. The molecule has 1 heterocycles. The number of piperidine rings is 1. The number of hydrogen-bond acceptors (Lipinski definition) is 4. The molecule has 29 heavy (non-hydrogen) atoms. The van der Waals surface area contributed by atoms with E-state index in [9.17, 15) is 4.79 Å². The maximum absolute atomic E-state index is 12.6. The first-order valence-corrected chi connectivity index (χ1v) is 10.1. The van der Waals surface area contributed by atoms with Crippen molar-refractivity contribution in [3.63, 3.8) is 0 Å². The van der Waals surface area contributed by atoms with Crippen molar-refractivity contribution in [3.05, 3.63) is 54.1 Å². The van der Waals surface area contributed by atoms with Crippen LogP contribution in [0.25, 0.3) is 0 Å². The zero-order chi connectivity index (χ0) is 20.8. The van der Waals surface area contributed by atoms with Gasteiger partial charge in [0.05, 0.1) is 7.11 Å². The number of anilines is 2. The fourth-order valence-electron chi connectivity index (χ4n) is 3.61. The van der Waals surface area contributed by atoms with Gasteiger partial charge in [-0.05, 0) is 54.8 Å². The van der Waals surface area contributed by atoms with Crippen LogP contribution in [0.3, 0.4) is 0 Å². The molecule has 1 aliphatic rings. The number of methoxy groups -OCH3 is 1. The van der Waals surface area contributed by atoms with Gasteiger partial charge in [-0.3, -0.25) is 0 Å². The molecule has 0 atom stereocenters. The topological polar surface area (TPSA) is 48.1 Å². The quantitative estimate of drug-likeness (QED) is 0.811. The van der Waals surface area contributed by atoms with E-state index in [0.717, 1.165) is 42.9 Å². The molecule has 0 saturated carbocycles. The molecule has 2 aromatic carbocycles. The van der Waals surface area contributed by atoms with Crippen molar-refractivity contribution in [3.8, 4) is 5.75 Å². The van der Waals surface area contributed by atoms with Gasteiger partial charge in [0.15, 0.2) is 0 Å². The lowest BCUT2D eigenvalue weighted by Gasteiger charge is -2.34. The van der Waals surface area contributed by atoms with Crippen LogP contribution in [0.2, 0.25) is 0 Å². The van der Waals surface area contributed by atoms with E-state index < -0.39 is 0 Å². The first kappa shape index (κ1) is 20.8. The van der Waals surface area contributed by atoms with Crippen LogP contribution in [0, 0.1) is 0 Å². The summed E-state index contributed by atoms with van der Waals surface area (Å²) in [6.45, 7) is 2.48. The van der Waals surface area contributed by atoms with E-state index >= 15 is 0 Å². The number of urea groups is 1. The third-order valence-corrected chi connectivity index (χ3v) is 5.48. The predicted molar refractivity (Wildman–Crippen MR) is 119 cm³/mol. The Labute approximate surface area is 174 Å². The highest BCUT2D eigenvalue weighted by atomic mass is 16.5. The van der Waals surface area contributed by atoms with Gasteiger partial charge in [0.1, 0.15) is 5.75 Å². The minimum atomic E-state index is -0.00964. The van der Waals surface area contributed by atoms with Crippen molar-refractivity contribution in [2.75, 3.05) is 51.1 Å². The fraction of sp³-hybridized carbons (Fsp3) is 0.435. The lowest BCUT2D eigenvalue weighted by molar-refractivity contribution is 0.200. The first-order chi connectivity index (χ1) is 14.0. The Balaban J connectivity index is 1.46. The second-order valence-electron chi connectivity index (χ2n) is 7.83. The highest BCUT2D eigenvalue weighted by Gasteiger charge is 2.22. The molecule has 1 fully saturated rings. The summed E-state index contributed by atoms with van der Waals surface area (Å²) in [4.78, 5) is 18.8. The van der Waals surface area contributed by atoms with Crippen molar-refractivity contribution in [2.45, 2.75) is 25.4 Å². The van der Waals surface area contributed by atoms with E-state index in [1.165, 1.54) is 5.69 Å². The Morgan fingerprint density at radius 3 is 2.21 bits per heavy atom. The number of ether oxygens (including phenoxy) is 1. The van der Waals surface area contributed by atoms with E-state index in [1.807, 2.05) is 33.3 Å². The van der Waals surface area contributed by atoms with E-state index in [2.05, 4.69) is 51.5 Å². The van der Waals surface area contributed by atoms with Crippen LogP contribution in [0.15, 0.2) is 48.5 Å². The molecule has 0 spiro atoms. The number of benzene rings is 2. The third-order valence-electron chi connectivity index (χ3n) is 5.48. The first-order valence-electron chi connectivity index (χ1n) is 10.1. The third kappa shape index (κ3) is 5.56. The van der Waals surface area contributed by atoms with Crippen LogP contribution in [0.4, 0.5) is 16.2 Å². The Kier molecular flexibility index (Phi) is 6.86. The summed E-state index contributed by atoms with van der Waals surface area (Å²) < 4.78 is 5.23. The molecule has 1 saturated heterocycles. The number of carbonyl (C=O) groups is 1. The number of carbonyl (C=O) groups excluding carboxylic acids is 1. The highest BCUT2D eigenvalue weighted by molar-refractivity contribution is 5.74. The molecule has 0 radical (unpaired) electrons. The Bertz CT molecular complexity index is 782. The van der Waals surface area contributed by atoms with E-state index in [0.29, 0.717) is 6.54 Å². The average Bonchev–Trinajstić information content (AvgIpc) is 2.74. The van der Waals surface area contributed by atoms with Crippen molar-refractivity contribution in [1.29, 1.82) is 0 Å². The van der Waals surface area contributed by atoms with Gasteiger partial charge in [-0.25, -0.2) is 4.79 Å². The molecule has 1 N–H and O–H groups in total. The molecule has 6 nitrogen and oxygen atoms in total. The zero-order valence-corrected chi connectivity index (χ0v) is 17.9. The van der Waals surface area contributed by atoms with Crippen LogP contribution >= 0.6 is 0 Å². The van der Waals surface area contributed by atoms with Crippen LogP contribution in [0.5, 0.6) is 5.75 Å². The van der Waals surface area contributed by atoms with E-state index in [-0.39, 0.29) is 12.1 Å². The molecular weight excluding hydrogens is 364 g/mol. The molecule has 2 aromatic rings. The maximum Gasteiger partial charge on any atom is 0.317 e. The van der Waals surface area contributed by atoms with Gasteiger partial charge in [0, 0.05) is 58.2 Å². The summed E-state index contributed by atoms with van der Waals surface area (Å²) in [5.41, 5.74) is 3.49. The van der Waals surface area contributed by atoms with Gasteiger partial charge in [0.2, 0.25) is 0 Å². The lowest BCUT2D eigenvalue weighted by atomic mass is 10.0. The SMILES string of the molecule is COc1ccc(N2CCC(NC(=O)N(C)Cc3ccc(N(C)C)cc3)CC2)cc1.